The van der Waals surface area contributed by atoms with Gasteiger partial charge in [-0.1, -0.05) is 59.1 Å². The summed E-state index contributed by atoms with van der Waals surface area (Å²) in [4.78, 5) is 14.9. The number of amides is 1. The Labute approximate surface area is 191 Å². The molecule has 2 fully saturated rings. The van der Waals surface area contributed by atoms with E-state index in [0.29, 0.717) is 17.8 Å². The van der Waals surface area contributed by atoms with Gasteiger partial charge in [0.25, 0.3) is 0 Å². The van der Waals surface area contributed by atoms with Gasteiger partial charge in [0, 0.05) is 22.1 Å². The van der Waals surface area contributed by atoms with E-state index in [9.17, 15) is 4.79 Å². The summed E-state index contributed by atoms with van der Waals surface area (Å²) in [5, 5.41) is 13.1. The van der Waals surface area contributed by atoms with Crippen LogP contribution in [0.2, 0.25) is 0 Å². The molecular weight excluding hydrogens is 462 g/mol. The summed E-state index contributed by atoms with van der Waals surface area (Å²) in [5.41, 5.74) is 1.07. The standard InChI is InChI=1S/C22H30BrN5OS/c1-27-13-11-18(12-14-27)24-20(29)15-30-22-26-25-21(16-7-9-17(23)10-8-16)28(22)19-5-3-2-4-6-19/h7-10,18-19H,2-6,11-15H2,1H3,(H,24,29). The first-order chi connectivity index (χ1) is 14.6. The molecule has 162 valence electrons. The molecular formula is C22H30BrN5OS. The van der Waals surface area contributed by atoms with Gasteiger partial charge in [-0.3, -0.25) is 9.36 Å². The lowest BCUT2D eigenvalue weighted by atomic mass is 9.95. The molecule has 1 saturated heterocycles. The van der Waals surface area contributed by atoms with E-state index in [0.717, 1.165) is 59.8 Å². The average molecular weight is 492 g/mol. The first-order valence-electron chi connectivity index (χ1n) is 10.9. The van der Waals surface area contributed by atoms with Crippen molar-refractivity contribution >= 4 is 33.6 Å². The van der Waals surface area contributed by atoms with Gasteiger partial charge < -0.3 is 10.2 Å². The Morgan fingerprint density at radius 1 is 1.10 bits per heavy atom. The number of thioether (sulfide) groups is 1. The van der Waals surface area contributed by atoms with Crippen LogP contribution in [0.15, 0.2) is 33.9 Å². The Morgan fingerprint density at radius 2 is 1.80 bits per heavy atom. The van der Waals surface area contributed by atoms with Crippen LogP contribution in [0.5, 0.6) is 0 Å². The topological polar surface area (TPSA) is 63.1 Å². The number of nitrogens with one attached hydrogen (secondary N) is 1. The van der Waals surface area contributed by atoms with Gasteiger partial charge in [-0.2, -0.15) is 0 Å². The highest BCUT2D eigenvalue weighted by Gasteiger charge is 2.25. The lowest BCUT2D eigenvalue weighted by Gasteiger charge is -2.29. The zero-order chi connectivity index (χ0) is 20.9. The van der Waals surface area contributed by atoms with Crippen LogP contribution in [0.25, 0.3) is 11.4 Å². The summed E-state index contributed by atoms with van der Waals surface area (Å²) in [5.74, 6) is 1.39. The summed E-state index contributed by atoms with van der Waals surface area (Å²) in [6.45, 7) is 2.09. The Balaban J connectivity index is 1.46. The minimum absolute atomic E-state index is 0.0953. The minimum atomic E-state index is 0.0953. The second kappa shape index (κ2) is 10.3. The molecule has 2 aliphatic rings. The highest BCUT2D eigenvalue weighted by atomic mass is 79.9. The van der Waals surface area contributed by atoms with Crippen LogP contribution in [0.3, 0.4) is 0 Å². The quantitative estimate of drug-likeness (QED) is 0.601. The van der Waals surface area contributed by atoms with Gasteiger partial charge in [-0.05, 0) is 58.0 Å². The molecule has 2 aromatic rings. The Hall–Kier alpha value is -1.38. The maximum absolute atomic E-state index is 12.6. The predicted octanol–water partition coefficient (Wildman–Crippen LogP) is 4.52. The smallest absolute Gasteiger partial charge is 0.230 e. The number of rotatable bonds is 6. The fourth-order valence-corrected chi connectivity index (χ4v) is 5.47. The predicted molar refractivity (Wildman–Crippen MR) is 125 cm³/mol. The molecule has 1 aromatic carbocycles. The van der Waals surface area contributed by atoms with Gasteiger partial charge in [0.05, 0.1) is 5.75 Å². The van der Waals surface area contributed by atoms with Crippen molar-refractivity contribution < 1.29 is 4.79 Å². The van der Waals surface area contributed by atoms with E-state index in [4.69, 9.17) is 0 Å². The second-order valence-corrected chi connectivity index (χ2v) is 10.3. The third-order valence-electron chi connectivity index (χ3n) is 6.12. The number of aromatic nitrogens is 3. The fraction of sp³-hybridized carbons (Fsp3) is 0.591. The maximum Gasteiger partial charge on any atom is 0.230 e. The number of hydrogen-bond donors (Lipinski definition) is 1. The zero-order valence-corrected chi connectivity index (χ0v) is 19.9. The molecule has 4 rings (SSSR count). The molecule has 0 bridgehead atoms. The molecule has 1 aromatic heterocycles. The highest BCUT2D eigenvalue weighted by Crippen LogP contribution is 2.35. The monoisotopic (exact) mass is 491 g/mol. The van der Waals surface area contributed by atoms with Crippen molar-refractivity contribution in [3.8, 4) is 11.4 Å². The van der Waals surface area contributed by atoms with Crippen LogP contribution in [-0.4, -0.2) is 57.5 Å². The van der Waals surface area contributed by atoms with Gasteiger partial charge in [0.15, 0.2) is 11.0 Å². The van der Waals surface area contributed by atoms with E-state index in [-0.39, 0.29) is 5.91 Å². The number of carbonyl (C=O) groups excluding carboxylic acids is 1. The van der Waals surface area contributed by atoms with Gasteiger partial charge in [-0.15, -0.1) is 10.2 Å². The lowest BCUT2D eigenvalue weighted by molar-refractivity contribution is -0.119. The second-order valence-electron chi connectivity index (χ2n) is 8.41. The van der Waals surface area contributed by atoms with Crippen LogP contribution in [-0.2, 0) is 4.79 Å². The van der Waals surface area contributed by atoms with Crippen molar-refractivity contribution in [3.63, 3.8) is 0 Å². The van der Waals surface area contributed by atoms with Gasteiger partial charge >= 0.3 is 0 Å². The van der Waals surface area contributed by atoms with Crippen molar-refractivity contribution in [1.29, 1.82) is 0 Å². The molecule has 1 N–H and O–H groups in total. The van der Waals surface area contributed by atoms with Crippen molar-refractivity contribution in [1.82, 2.24) is 25.0 Å². The van der Waals surface area contributed by atoms with Crippen LogP contribution >= 0.6 is 27.7 Å². The number of carbonyl (C=O) groups is 1. The summed E-state index contributed by atoms with van der Waals surface area (Å²) in [6, 6.07) is 8.94. The number of hydrogen-bond acceptors (Lipinski definition) is 5. The minimum Gasteiger partial charge on any atom is -0.353 e. The Morgan fingerprint density at radius 3 is 2.50 bits per heavy atom. The number of piperidine rings is 1. The van der Waals surface area contributed by atoms with Crippen LogP contribution in [0.4, 0.5) is 0 Å². The molecule has 0 unspecified atom stereocenters. The third-order valence-corrected chi connectivity index (χ3v) is 7.59. The van der Waals surface area contributed by atoms with Crippen molar-refractivity contribution in [2.45, 2.75) is 62.2 Å². The van der Waals surface area contributed by atoms with Crippen molar-refractivity contribution in [3.05, 3.63) is 28.7 Å². The normalized spacial score (nSPS) is 19.1. The van der Waals surface area contributed by atoms with Gasteiger partial charge in [0.2, 0.25) is 5.91 Å². The molecule has 0 spiro atoms. The largest absolute Gasteiger partial charge is 0.353 e. The maximum atomic E-state index is 12.6. The number of benzene rings is 1. The molecule has 0 radical (unpaired) electrons. The summed E-state index contributed by atoms with van der Waals surface area (Å²) in [6.07, 6.45) is 8.13. The van der Waals surface area contributed by atoms with Crippen LogP contribution < -0.4 is 5.32 Å². The van der Waals surface area contributed by atoms with E-state index in [2.05, 4.69) is 60.1 Å². The highest BCUT2D eigenvalue weighted by molar-refractivity contribution is 9.10. The lowest BCUT2D eigenvalue weighted by Crippen LogP contribution is -2.43. The number of halogens is 1. The molecule has 1 saturated carbocycles. The molecule has 1 aliphatic carbocycles. The van der Waals surface area contributed by atoms with E-state index in [1.165, 1.54) is 31.0 Å². The first-order valence-corrected chi connectivity index (χ1v) is 12.7. The zero-order valence-electron chi connectivity index (χ0n) is 17.5. The molecule has 6 nitrogen and oxygen atoms in total. The Bertz CT molecular complexity index is 842. The van der Waals surface area contributed by atoms with Crippen molar-refractivity contribution in [2.75, 3.05) is 25.9 Å². The summed E-state index contributed by atoms with van der Waals surface area (Å²) >= 11 is 5.02. The van der Waals surface area contributed by atoms with Crippen LogP contribution in [0.1, 0.15) is 51.0 Å². The molecule has 2 heterocycles. The van der Waals surface area contributed by atoms with Crippen LogP contribution in [0, 0.1) is 0 Å². The SMILES string of the molecule is CN1CCC(NC(=O)CSc2nnc(-c3ccc(Br)cc3)n2C2CCCCC2)CC1. The molecule has 1 amide bonds. The molecule has 1 aliphatic heterocycles. The van der Waals surface area contributed by atoms with E-state index < -0.39 is 0 Å². The summed E-state index contributed by atoms with van der Waals surface area (Å²) in [7, 11) is 2.13. The summed E-state index contributed by atoms with van der Waals surface area (Å²) < 4.78 is 3.34. The van der Waals surface area contributed by atoms with Gasteiger partial charge in [-0.25, -0.2) is 0 Å². The first kappa shape index (κ1) is 21.8. The third kappa shape index (κ3) is 5.45. The fourth-order valence-electron chi connectivity index (χ4n) is 4.39. The average Bonchev–Trinajstić information content (AvgIpc) is 3.19. The molecule has 0 atom stereocenters. The number of likely N-dealkylation sites (tertiary alicyclic amines) is 1. The van der Waals surface area contributed by atoms with E-state index in [1.807, 2.05) is 12.1 Å². The molecule has 30 heavy (non-hydrogen) atoms. The number of nitrogens with zero attached hydrogens (tertiary/aromatic N) is 4. The van der Waals surface area contributed by atoms with Gasteiger partial charge in [0.1, 0.15) is 0 Å². The van der Waals surface area contributed by atoms with E-state index >= 15 is 0 Å². The molecule has 8 heteroatoms. The van der Waals surface area contributed by atoms with Crippen molar-refractivity contribution in [2.24, 2.45) is 0 Å². The Kier molecular flexibility index (Phi) is 7.49. The van der Waals surface area contributed by atoms with E-state index in [1.54, 1.807) is 0 Å².